The Morgan fingerprint density at radius 1 is 1.00 bits per heavy atom. The molecule has 194 valence electrons. The molecule has 10 heteroatoms. The Balaban J connectivity index is 1.87. The highest BCUT2D eigenvalue weighted by molar-refractivity contribution is 7.89. The van der Waals surface area contributed by atoms with E-state index in [1.54, 1.807) is 36.3 Å². The third-order valence-corrected chi connectivity index (χ3v) is 8.57. The van der Waals surface area contributed by atoms with Gasteiger partial charge in [0.2, 0.25) is 15.9 Å². The van der Waals surface area contributed by atoms with Gasteiger partial charge < -0.3 is 14.4 Å². The molecule has 2 aromatic carbocycles. The smallest absolute Gasteiger partial charge is 0.243 e. The maximum atomic E-state index is 13.6. The zero-order chi connectivity index (χ0) is 26.1. The number of amides is 1. The van der Waals surface area contributed by atoms with E-state index < -0.39 is 10.0 Å². The summed E-state index contributed by atoms with van der Waals surface area (Å²) >= 11 is 1.54. The van der Waals surface area contributed by atoms with Crippen molar-refractivity contribution in [3.8, 4) is 5.75 Å². The summed E-state index contributed by atoms with van der Waals surface area (Å²) in [6, 6.07) is 14.0. The van der Waals surface area contributed by atoms with Gasteiger partial charge in [0, 0.05) is 31.7 Å². The van der Waals surface area contributed by atoms with Crippen molar-refractivity contribution in [2.75, 3.05) is 33.9 Å². The Morgan fingerprint density at radius 3 is 2.28 bits per heavy atom. The molecule has 1 heterocycles. The average molecular weight is 535 g/mol. The number of nitrogens with zero attached hydrogens (tertiary/aromatic N) is 2. The first kappa shape index (κ1) is 27.8. The lowest BCUT2D eigenvalue weighted by Gasteiger charge is -2.27. The van der Waals surface area contributed by atoms with Gasteiger partial charge in [-0.05, 0) is 72.3 Å². The Bertz CT molecular complexity index is 1230. The van der Waals surface area contributed by atoms with E-state index in [0.29, 0.717) is 25.3 Å². The zero-order valence-corrected chi connectivity index (χ0v) is 22.3. The van der Waals surface area contributed by atoms with Crippen LogP contribution >= 0.6 is 11.3 Å². The Kier molecular flexibility index (Phi) is 10.0. The van der Waals surface area contributed by atoms with Crippen LogP contribution in [0.25, 0.3) is 0 Å². The molecule has 0 saturated heterocycles. The fourth-order valence-corrected chi connectivity index (χ4v) is 5.95. The minimum Gasteiger partial charge on any atom is -0.497 e. The largest absolute Gasteiger partial charge is 0.497 e. The van der Waals surface area contributed by atoms with Crippen molar-refractivity contribution < 1.29 is 27.1 Å². The summed E-state index contributed by atoms with van der Waals surface area (Å²) in [5, 5.41) is 1.95. The first-order valence-corrected chi connectivity index (χ1v) is 13.7. The lowest BCUT2D eigenvalue weighted by molar-refractivity contribution is -0.132. The highest BCUT2D eigenvalue weighted by Gasteiger charge is 2.29. The highest BCUT2D eigenvalue weighted by atomic mass is 32.2. The molecule has 36 heavy (non-hydrogen) atoms. The molecular weight excluding hydrogens is 503 g/mol. The fraction of sp³-hybridized carbons (Fsp3) is 0.346. The number of hydrogen-bond donors (Lipinski definition) is 0. The molecule has 3 aromatic rings. The number of carbonyl (C=O) groups is 1. The van der Waals surface area contributed by atoms with Crippen molar-refractivity contribution in [2.24, 2.45) is 0 Å². The van der Waals surface area contributed by atoms with Crippen LogP contribution in [0, 0.1) is 12.7 Å². The van der Waals surface area contributed by atoms with E-state index in [4.69, 9.17) is 9.47 Å². The molecule has 0 radical (unpaired) electrons. The van der Waals surface area contributed by atoms with Gasteiger partial charge in [-0.3, -0.25) is 4.79 Å². The van der Waals surface area contributed by atoms with Crippen molar-refractivity contribution in [1.29, 1.82) is 0 Å². The lowest BCUT2D eigenvalue weighted by atomic mass is 10.2. The van der Waals surface area contributed by atoms with E-state index in [2.05, 4.69) is 0 Å². The highest BCUT2D eigenvalue weighted by Crippen LogP contribution is 2.22. The summed E-state index contributed by atoms with van der Waals surface area (Å²) in [7, 11) is -0.909. The molecule has 3 rings (SSSR count). The van der Waals surface area contributed by atoms with E-state index in [1.165, 1.54) is 47.0 Å². The number of sulfonamides is 1. The Hall–Kier alpha value is -2.79. The second kappa shape index (κ2) is 13.0. The molecule has 1 amide bonds. The molecule has 0 aliphatic carbocycles. The molecule has 0 atom stereocenters. The van der Waals surface area contributed by atoms with E-state index in [0.717, 1.165) is 16.0 Å². The predicted octanol–water partition coefficient (Wildman–Crippen LogP) is 4.46. The van der Waals surface area contributed by atoms with Crippen LogP contribution in [0.4, 0.5) is 4.39 Å². The second-order valence-corrected chi connectivity index (χ2v) is 11.2. The number of rotatable bonds is 13. The normalized spacial score (nSPS) is 11.6. The van der Waals surface area contributed by atoms with Gasteiger partial charge in [0.1, 0.15) is 11.6 Å². The summed E-state index contributed by atoms with van der Waals surface area (Å²) in [5.41, 5.74) is 1.81. The standard InChI is InChI=1S/C26H31FN2O5S2/c1-20-13-16-35-25(20)18-28(17-21-5-7-22(27)8-6-21)26(30)19-29(14-4-15-33-2)36(31,32)24-11-9-23(34-3)10-12-24/h5-13,16H,4,14-15,17-19H2,1-3H3. The number of carbonyl (C=O) groups excluding carboxylic acids is 1. The minimum absolute atomic E-state index is 0.0766. The molecule has 0 saturated carbocycles. The maximum Gasteiger partial charge on any atom is 0.243 e. The monoisotopic (exact) mass is 534 g/mol. The van der Waals surface area contributed by atoms with Crippen molar-refractivity contribution in [2.45, 2.75) is 31.3 Å². The van der Waals surface area contributed by atoms with Crippen molar-refractivity contribution in [3.63, 3.8) is 0 Å². The summed E-state index contributed by atoms with van der Waals surface area (Å²) in [6.07, 6.45) is 0.432. The average Bonchev–Trinajstić information content (AvgIpc) is 3.28. The molecule has 0 aliphatic heterocycles. The summed E-state index contributed by atoms with van der Waals surface area (Å²) in [4.78, 5) is 16.3. The number of ether oxygens (including phenoxy) is 2. The first-order valence-electron chi connectivity index (χ1n) is 11.4. The van der Waals surface area contributed by atoms with Crippen LogP contribution < -0.4 is 4.74 Å². The molecule has 0 bridgehead atoms. The van der Waals surface area contributed by atoms with Crippen molar-refractivity contribution >= 4 is 27.3 Å². The van der Waals surface area contributed by atoms with Crippen LogP contribution in [-0.4, -0.2) is 57.4 Å². The van der Waals surface area contributed by atoms with Crippen LogP contribution in [-0.2, 0) is 32.6 Å². The lowest BCUT2D eigenvalue weighted by Crippen LogP contribution is -2.43. The third-order valence-electron chi connectivity index (χ3n) is 5.71. The predicted molar refractivity (Wildman–Crippen MR) is 138 cm³/mol. The molecule has 0 aliphatic rings. The van der Waals surface area contributed by atoms with E-state index in [1.807, 2.05) is 18.4 Å². The van der Waals surface area contributed by atoms with Gasteiger partial charge in [-0.2, -0.15) is 4.31 Å². The van der Waals surface area contributed by atoms with Gasteiger partial charge in [-0.15, -0.1) is 11.3 Å². The number of benzene rings is 2. The molecule has 0 N–H and O–H groups in total. The van der Waals surface area contributed by atoms with Crippen LogP contribution in [0.3, 0.4) is 0 Å². The van der Waals surface area contributed by atoms with E-state index in [9.17, 15) is 17.6 Å². The van der Waals surface area contributed by atoms with Gasteiger partial charge >= 0.3 is 0 Å². The van der Waals surface area contributed by atoms with Crippen LogP contribution in [0.2, 0.25) is 0 Å². The van der Waals surface area contributed by atoms with Gasteiger partial charge in [-0.1, -0.05) is 12.1 Å². The summed E-state index contributed by atoms with van der Waals surface area (Å²) in [5.74, 6) is -0.171. The summed E-state index contributed by atoms with van der Waals surface area (Å²) in [6.45, 7) is 2.67. The molecule has 7 nitrogen and oxygen atoms in total. The molecule has 1 aromatic heterocycles. The minimum atomic E-state index is -3.96. The first-order chi connectivity index (χ1) is 17.2. The van der Waals surface area contributed by atoms with Crippen LogP contribution in [0.5, 0.6) is 5.75 Å². The molecule has 0 fully saturated rings. The Morgan fingerprint density at radius 2 is 1.69 bits per heavy atom. The molecular formula is C26H31FN2O5S2. The molecule has 0 unspecified atom stereocenters. The van der Waals surface area contributed by atoms with Gasteiger partial charge in [0.05, 0.1) is 25.1 Å². The zero-order valence-electron chi connectivity index (χ0n) is 20.6. The van der Waals surface area contributed by atoms with E-state index >= 15 is 0 Å². The SMILES string of the molecule is COCCCN(CC(=O)N(Cc1ccc(F)cc1)Cc1sccc1C)S(=O)(=O)c1ccc(OC)cc1. The number of aryl methyl sites for hydroxylation is 1. The van der Waals surface area contributed by atoms with E-state index in [-0.39, 0.29) is 36.3 Å². The third kappa shape index (κ3) is 7.36. The topological polar surface area (TPSA) is 76.2 Å². The van der Waals surface area contributed by atoms with Gasteiger partial charge in [0.25, 0.3) is 0 Å². The summed E-state index contributed by atoms with van der Waals surface area (Å²) < 4.78 is 51.8. The number of hydrogen-bond acceptors (Lipinski definition) is 6. The number of methoxy groups -OCH3 is 2. The van der Waals surface area contributed by atoms with Gasteiger partial charge in [0.15, 0.2) is 0 Å². The van der Waals surface area contributed by atoms with Crippen LogP contribution in [0.15, 0.2) is 64.9 Å². The number of thiophene rings is 1. The second-order valence-electron chi connectivity index (χ2n) is 8.26. The quantitative estimate of drug-likeness (QED) is 0.303. The Labute approximate surface area is 216 Å². The van der Waals surface area contributed by atoms with Crippen molar-refractivity contribution in [1.82, 2.24) is 9.21 Å². The maximum absolute atomic E-state index is 13.6. The van der Waals surface area contributed by atoms with Gasteiger partial charge in [-0.25, -0.2) is 12.8 Å². The van der Waals surface area contributed by atoms with Crippen LogP contribution in [0.1, 0.15) is 22.4 Å². The fourth-order valence-electron chi connectivity index (χ4n) is 3.60. The molecule has 0 spiro atoms. The number of halogens is 1. The van der Waals surface area contributed by atoms with Crippen molar-refractivity contribution in [3.05, 3.63) is 81.8 Å².